The Kier molecular flexibility index (Phi) is 3.47. The third kappa shape index (κ3) is 2.58. The maximum atomic E-state index is 2.39. The van der Waals surface area contributed by atoms with Gasteiger partial charge in [0.25, 0.3) is 0 Å². The fraction of sp³-hybridized carbons (Fsp3) is 0.444. The smallest absolute Gasteiger partial charge is 0.000602 e. The maximum absolute atomic E-state index is 2.39. The minimum Gasteiger partial charge on any atom is -0.0847 e. The summed E-state index contributed by atoms with van der Waals surface area (Å²) in [5, 5.41) is 0. The van der Waals surface area contributed by atoms with Gasteiger partial charge in [-0.05, 0) is 51.0 Å². The molecule has 0 heterocycles. The van der Waals surface area contributed by atoms with Gasteiger partial charge in [-0.25, -0.2) is 0 Å². The van der Waals surface area contributed by atoms with E-state index in [1.807, 2.05) is 0 Å². The van der Waals surface area contributed by atoms with Gasteiger partial charge in [-0.2, -0.15) is 0 Å². The molecule has 96 valence electrons. The van der Waals surface area contributed by atoms with E-state index in [2.05, 4.69) is 71.0 Å². The van der Waals surface area contributed by atoms with Crippen LogP contribution in [0.3, 0.4) is 0 Å². The van der Waals surface area contributed by atoms with Crippen LogP contribution in [0.4, 0.5) is 0 Å². The summed E-state index contributed by atoms with van der Waals surface area (Å²) in [6.45, 7) is 11.0. The Morgan fingerprint density at radius 3 is 2.39 bits per heavy atom. The van der Waals surface area contributed by atoms with Crippen molar-refractivity contribution in [2.24, 2.45) is 5.92 Å². The monoisotopic (exact) mass is 240 g/mol. The molecule has 1 aliphatic rings. The van der Waals surface area contributed by atoms with Crippen molar-refractivity contribution in [3.63, 3.8) is 0 Å². The van der Waals surface area contributed by atoms with Crippen LogP contribution < -0.4 is 0 Å². The number of allylic oxidation sites excluding steroid dienone is 4. The van der Waals surface area contributed by atoms with Gasteiger partial charge in [-0.1, -0.05) is 60.1 Å². The summed E-state index contributed by atoms with van der Waals surface area (Å²) in [5.74, 6) is 0.702. The molecule has 1 unspecified atom stereocenters. The van der Waals surface area contributed by atoms with Crippen LogP contribution in [0.5, 0.6) is 0 Å². The lowest BCUT2D eigenvalue weighted by Gasteiger charge is -2.12. The van der Waals surface area contributed by atoms with E-state index in [1.165, 1.54) is 28.7 Å². The Morgan fingerprint density at radius 1 is 1.22 bits per heavy atom. The Morgan fingerprint density at radius 2 is 1.83 bits per heavy atom. The van der Waals surface area contributed by atoms with Crippen molar-refractivity contribution in [3.05, 3.63) is 58.7 Å². The zero-order valence-corrected chi connectivity index (χ0v) is 12.2. The zero-order chi connectivity index (χ0) is 13.3. The van der Waals surface area contributed by atoms with Gasteiger partial charge < -0.3 is 0 Å². The van der Waals surface area contributed by atoms with Gasteiger partial charge in [0, 0.05) is 0 Å². The maximum Gasteiger partial charge on any atom is -0.000602 e. The quantitative estimate of drug-likeness (QED) is 0.644. The summed E-state index contributed by atoms with van der Waals surface area (Å²) in [7, 11) is 0. The molecule has 0 spiro atoms. The van der Waals surface area contributed by atoms with Gasteiger partial charge in [0.15, 0.2) is 0 Å². The van der Waals surface area contributed by atoms with E-state index in [0.29, 0.717) is 11.3 Å². The topological polar surface area (TPSA) is 0 Å². The molecule has 2 atom stereocenters. The molecule has 1 aromatic rings. The highest BCUT2D eigenvalue weighted by Crippen LogP contribution is 2.55. The van der Waals surface area contributed by atoms with Gasteiger partial charge in [0.2, 0.25) is 0 Å². The Balaban J connectivity index is 2.18. The highest BCUT2D eigenvalue weighted by molar-refractivity contribution is 5.40. The first-order valence-electron chi connectivity index (χ1n) is 6.85. The van der Waals surface area contributed by atoms with Crippen molar-refractivity contribution in [1.29, 1.82) is 0 Å². The summed E-state index contributed by atoms with van der Waals surface area (Å²) < 4.78 is 0. The summed E-state index contributed by atoms with van der Waals surface area (Å²) in [6.07, 6.45) is 8.09. The lowest BCUT2D eigenvalue weighted by atomic mass is 9.92. The SMILES string of the molecule is C/C=C(C)/C=C/C1C[C@]1(C)c1cc(C)cc(C)c1. The second kappa shape index (κ2) is 4.76. The van der Waals surface area contributed by atoms with Crippen LogP contribution in [0.2, 0.25) is 0 Å². The first kappa shape index (κ1) is 13.1. The largest absolute Gasteiger partial charge is 0.0847 e. The van der Waals surface area contributed by atoms with Crippen molar-refractivity contribution in [2.45, 2.75) is 46.5 Å². The minimum atomic E-state index is 0.362. The number of hydrogen-bond donors (Lipinski definition) is 0. The van der Waals surface area contributed by atoms with Crippen LogP contribution in [0.15, 0.2) is 42.0 Å². The second-order valence-corrected chi connectivity index (χ2v) is 6.00. The molecule has 0 bridgehead atoms. The van der Waals surface area contributed by atoms with E-state index in [4.69, 9.17) is 0 Å². The van der Waals surface area contributed by atoms with Gasteiger partial charge in [0.05, 0.1) is 0 Å². The van der Waals surface area contributed by atoms with Crippen LogP contribution in [-0.4, -0.2) is 0 Å². The van der Waals surface area contributed by atoms with Crippen LogP contribution in [0.1, 0.15) is 43.9 Å². The normalized spacial score (nSPS) is 27.8. The fourth-order valence-electron chi connectivity index (χ4n) is 2.68. The van der Waals surface area contributed by atoms with Crippen LogP contribution in [0, 0.1) is 19.8 Å². The molecule has 2 rings (SSSR count). The van der Waals surface area contributed by atoms with E-state index in [-0.39, 0.29) is 0 Å². The molecule has 0 nitrogen and oxygen atoms in total. The molecule has 1 aromatic carbocycles. The third-order valence-corrected chi connectivity index (χ3v) is 4.23. The Labute approximate surface area is 111 Å². The van der Waals surface area contributed by atoms with E-state index < -0.39 is 0 Å². The van der Waals surface area contributed by atoms with E-state index >= 15 is 0 Å². The molecular formula is C18H24. The van der Waals surface area contributed by atoms with Crippen molar-refractivity contribution in [2.75, 3.05) is 0 Å². The molecule has 18 heavy (non-hydrogen) atoms. The standard InChI is InChI=1S/C18H24/c1-6-13(2)7-8-16-12-18(16,5)17-10-14(3)9-15(4)11-17/h6-11,16H,12H2,1-5H3/b8-7+,13-6+/t16?,18-/m0/s1. The second-order valence-electron chi connectivity index (χ2n) is 6.00. The number of hydrogen-bond acceptors (Lipinski definition) is 0. The highest BCUT2D eigenvalue weighted by atomic mass is 14.5. The average molecular weight is 240 g/mol. The van der Waals surface area contributed by atoms with Gasteiger partial charge in [-0.15, -0.1) is 0 Å². The third-order valence-electron chi connectivity index (χ3n) is 4.23. The lowest BCUT2D eigenvalue weighted by Crippen LogP contribution is -2.04. The van der Waals surface area contributed by atoms with Crippen LogP contribution in [0.25, 0.3) is 0 Å². The van der Waals surface area contributed by atoms with E-state index in [1.54, 1.807) is 0 Å². The highest BCUT2D eigenvalue weighted by Gasteiger charge is 2.49. The summed E-state index contributed by atoms with van der Waals surface area (Å²) in [4.78, 5) is 0. The van der Waals surface area contributed by atoms with Crippen LogP contribution in [-0.2, 0) is 5.41 Å². The Bertz CT molecular complexity index is 485. The summed E-state index contributed by atoms with van der Waals surface area (Å²) in [6, 6.07) is 6.96. The van der Waals surface area contributed by atoms with Gasteiger partial charge in [0.1, 0.15) is 0 Å². The minimum absolute atomic E-state index is 0.362. The molecule has 0 saturated heterocycles. The summed E-state index contributed by atoms with van der Waals surface area (Å²) >= 11 is 0. The lowest BCUT2D eigenvalue weighted by molar-refractivity contribution is 0.734. The molecule has 1 saturated carbocycles. The molecule has 1 aliphatic carbocycles. The van der Waals surface area contributed by atoms with Crippen molar-refractivity contribution in [3.8, 4) is 0 Å². The van der Waals surface area contributed by atoms with Crippen molar-refractivity contribution >= 4 is 0 Å². The predicted molar refractivity (Wildman–Crippen MR) is 79.9 cm³/mol. The van der Waals surface area contributed by atoms with Crippen molar-refractivity contribution in [1.82, 2.24) is 0 Å². The molecular weight excluding hydrogens is 216 g/mol. The van der Waals surface area contributed by atoms with Gasteiger partial charge >= 0.3 is 0 Å². The van der Waals surface area contributed by atoms with Crippen molar-refractivity contribution < 1.29 is 0 Å². The Hall–Kier alpha value is -1.30. The van der Waals surface area contributed by atoms with Gasteiger partial charge in [-0.3, -0.25) is 0 Å². The number of rotatable bonds is 3. The molecule has 0 amide bonds. The zero-order valence-electron chi connectivity index (χ0n) is 12.2. The van der Waals surface area contributed by atoms with E-state index in [0.717, 1.165) is 0 Å². The fourth-order valence-corrected chi connectivity index (χ4v) is 2.68. The molecule has 1 fully saturated rings. The average Bonchev–Trinajstić information content (AvgIpc) is 2.98. The molecule has 0 radical (unpaired) electrons. The molecule has 0 N–H and O–H groups in total. The molecule has 0 aromatic heterocycles. The first-order valence-corrected chi connectivity index (χ1v) is 6.85. The van der Waals surface area contributed by atoms with Crippen LogP contribution >= 0.6 is 0 Å². The summed E-state index contributed by atoms with van der Waals surface area (Å²) in [5.41, 5.74) is 5.98. The molecule has 0 aliphatic heterocycles. The number of aryl methyl sites for hydroxylation is 2. The number of benzene rings is 1. The predicted octanol–water partition coefficient (Wildman–Crippen LogP) is 5.10. The van der Waals surface area contributed by atoms with E-state index in [9.17, 15) is 0 Å². The first-order chi connectivity index (χ1) is 8.45. The molecule has 0 heteroatoms.